The lowest BCUT2D eigenvalue weighted by Crippen LogP contribution is -2.55. The highest BCUT2D eigenvalue weighted by molar-refractivity contribution is 5.88. The van der Waals surface area contributed by atoms with E-state index in [4.69, 9.17) is 5.11 Å². The fraction of sp³-hybridized carbons (Fsp3) is 0.625. The molecule has 2 heterocycles. The molecule has 0 radical (unpaired) electrons. The Labute approximate surface area is 82.1 Å². The third-order valence-electron chi connectivity index (χ3n) is 2.56. The summed E-state index contributed by atoms with van der Waals surface area (Å²) >= 11 is 0. The normalized spacial score (nSPS) is 32.7. The fourth-order valence-electron chi connectivity index (χ4n) is 1.72. The Kier molecular flexibility index (Phi) is 2.18. The summed E-state index contributed by atoms with van der Waals surface area (Å²) in [5.74, 6) is -0.872. The second-order valence-electron chi connectivity index (χ2n) is 3.58. The third-order valence-corrected chi connectivity index (χ3v) is 2.56. The molecule has 1 saturated heterocycles. The quantitative estimate of drug-likeness (QED) is 0.499. The van der Waals surface area contributed by atoms with Gasteiger partial charge in [-0.05, 0) is 6.92 Å². The molecule has 0 aliphatic carbocycles. The predicted molar refractivity (Wildman–Crippen MR) is 49.7 cm³/mol. The SMILES string of the molecule is CC1NC2NCN(C)N2C=C1C(=O)O. The van der Waals surface area contributed by atoms with Crippen LogP contribution in [0.25, 0.3) is 0 Å². The number of fused-ring (bicyclic) bond motifs is 1. The predicted octanol–water partition coefficient (Wildman–Crippen LogP) is -1.06. The monoisotopic (exact) mass is 198 g/mol. The van der Waals surface area contributed by atoms with Crippen molar-refractivity contribution in [1.29, 1.82) is 0 Å². The lowest BCUT2D eigenvalue weighted by Gasteiger charge is -2.35. The van der Waals surface area contributed by atoms with Gasteiger partial charge in [-0.1, -0.05) is 0 Å². The van der Waals surface area contributed by atoms with Crippen LogP contribution >= 0.6 is 0 Å². The highest BCUT2D eigenvalue weighted by Crippen LogP contribution is 2.17. The van der Waals surface area contributed by atoms with E-state index in [2.05, 4.69) is 10.6 Å². The Morgan fingerprint density at radius 1 is 1.71 bits per heavy atom. The van der Waals surface area contributed by atoms with Gasteiger partial charge in [0.15, 0.2) is 0 Å². The van der Waals surface area contributed by atoms with Crippen LogP contribution in [0.5, 0.6) is 0 Å². The number of carboxylic acids is 1. The molecule has 3 N–H and O–H groups in total. The largest absolute Gasteiger partial charge is 0.478 e. The molecular formula is C8H14N4O2. The minimum absolute atomic E-state index is 0.0121. The minimum Gasteiger partial charge on any atom is -0.478 e. The van der Waals surface area contributed by atoms with Crippen LogP contribution in [0.4, 0.5) is 0 Å². The van der Waals surface area contributed by atoms with E-state index in [0.29, 0.717) is 12.2 Å². The number of nitrogens with one attached hydrogen (secondary N) is 2. The van der Waals surface area contributed by atoms with E-state index in [9.17, 15) is 4.79 Å². The van der Waals surface area contributed by atoms with Crippen LogP contribution in [-0.2, 0) is 4.79 Å². The molecule has 2 aliphatic heterocycles. The van der Waals surface area contributed by atoms with E-state index in [-0.39, 0.29) is 12.3 Å². The van der Waals surface area contributed by atoms with E-state index in [1.165, 1.54) is 0 Å². The summed E-state index contributed by atoms with van der Waals surface area (Å²) in [7, 11) is 1.90. The summed E-state index contributed by atoms with van der Waals surface area (Å²) in [5.41, 5.74) is 0.386. The molecule has 2 rings (SSSR count). The summed E-state index contributed by atoms with van der Waals surface area (Å²) in [6, 6.07) is -0.132. The van der Waals surface area contributed by atoms with Crippen molar-refractivity contribution < 1.29 is 9.90 Å². The molecule has 6 nitrogen and oxygen atoms in total. The second kappa shape index (κ2) is 3.23. The van der Waals surface area contributed by atoms with Crippen molar-refractivity contribution in [2.75, 3.05) is 13.7 Å². The van der Waals surface area contributed by atoms with Gasteiger partial charge in [-0.25, -0.2) is 9.80 Å². The van der Waals surface area contributed by atoms with Gasteiger partial charge in [0.1, 0.15) is 6.29 Å². The molecule has 0 saturated carbocycles. The maximum atomic E-state index is 10.9. The van der Waals surface area contributed by atoms with Crippen molar-refractivity contribution in [3.63, 3.8) is 0 Å². The number of carboxylic acid groups (broad SMARTS) is 1. The second-order valence-corrected chi connectivity index (χ2v) is 3.58. The van der Waals surface area contributed by atoms with Crippen molar-refractivity contribution in [1.82, 2.24) is 20.7 Å². The van der Waals surface area contributed by atoms with Crippen LogP contribution in [-0.4, -0.2) is 47.1 Å². The van der Waals surface area contributed by atoms with Gasteiger partial charge in [-0.2, -0.15) is 0 Å². The van der Waals surface area contributed by atoms with E-state index >= 15 is 0 Å². The summed E-state index contributed by atoms with van der Waals surface area (Å²) < 4.78 is 0. The van der Waals surface area contributed by atoms with Gasteiger partial charge in [-0.15, -0.1) is 0 Å². The first-order valence-corrected chi connectivity index (χ1v) is 4.53. The number of hydrogen-bond acceptors (Lipinski definition) is 5. The van der Waals surface area contributed by atoms with Gasteiger partial charge in [0.05, 0.1) is 12.2 Å². The smallest absolute Gasteiger partial charge is 0.334 e. The molecule has 0 aromatic heterocycles. The van der Waals surface area contributed by atoms with Crippen LogP contribution in [0, 0.1) is 0 Å². The van der Waals surface area contributed by atoms with Crippen LogP contribution < -0.4 is 10.6 Å². The van der Waals surface area contributed by atoms with Gasteiger partial charge in [-0.3, -0.25) is 15.6 Å². The van der Waals surface area contributed by atoms with Gasteiger partial charge in [0, 0.05) is 19.3 Å². The van der Waals surface area contributed by atoms with Gasteiger partial charge >= 0.3 is 5.97 Å². The fourth-order valence-corrected chi connectivity index (χ4v) is 1.72. The Bertz CT molecular complexity index is 291. The summed E-state index contributed by atoms with van der Waals surface area (Å²) in [6.45, 7) is 2.56. The maximum absolute atomic E-state index is 10.9. The molecule has 2 aliphatic rings. The average molecular weight is 198 g/mol. The van der Waals surface area contributed by atoms with Crippen molar-refractivity contribution in [3.05, 3.63) is 11.8 Å². The zero-order valence-corrected chi connectivity index (χ0v) is 8.19. The number of carbonyl (C=O) groups is 1. The van der Waals surface area contributed by atoms with Crippen LogP contribution in [0.3, 0.4) is 0 Å². The molecule has 2 atom stereocenters. The molecule has 0 aromatic carbocycles. The Morgan fingerprint density at radius 3 is 3.07 bits per heavy atom. The van der Waals surface area contributed by atoms with Crippen molar-refractivity contribution in [3.8, 4) is 0 Å². The average Bonchev–Trinajstić information content (AvgIpc) is 2.46. The van der Waals surface area contributed by atoms with Crippen LogP contribution in [0.15, 0.2) is 11.8 Å². The molecule has 2 unspecified atom stereocenters. The summed E-state index contributed by atoms with van der Waals surface area (Å²) in [4.78, 5) is 10.9. The molecule has 0 spiro atoms. The Hall–Kier alpha value is -1.11. The molecule has 0 bridgehead atoms. The lowest BCUT2D eigenvalue weighted by atomic mass is 10.1. The molecule has 6 heteroatoms. The van der Waals surface area contributed by atoms with Gasteiger partial charge in [0.2, 0.25) is 0 Å². The summed E-state index contributed by atoms with van der Waals surface area (Å²) in [5, 5.41) is 19.1. The number of hydrogen-bond donors (Lipinski definition) is 3. The molecule has 1 fully saturated rings. The van der Waals surface area contributed by atoms with Crippen molar-refractivity contribution >= 4 is 5.97 Å². The highest BCUT2D eigenvalue weighted by Gasteiger charge is 2.34. The molecule has 14 heavy (non-hydrogen) atoms. The minimum atomic E-state index is -0.872. The molecule has 0 amide bonds. The van der Waals surface area contributed by atoms with E-state index in [1.807, 2.05) is 24.0 Å². The topological polar surface area (TPSA) is 67.8 Å². The van der Waals surface area contributed by atoms with E-state index in [1.54, 1.807) is 6.20 Å². The highest BCUT2D eigenvalue weighted by atomic mass is 16.4. The van der Waals surface area contributed by atoms with Crippen molar-refractivity contribution in [2.45, 2.75) is 19.3 Å². The Balaban J connectivity index is 2.26. The molecule has 0 aromatic rings. The lowest BCUT2D eigenvalue weighted by molar-refractivity contribution is -0.133. The van der Waals surface area contributed by atoms with Gasteiger partial charge < -0.3 is 5.11 Å². The first-order chi connectivity index (χ1) is 6.59. The Morgan fingerprint density at radius 2 is 2.43 bits per heavy atom. The van der Waals surface area contributed by atoms with Gasteiger partial charge in [0.25, 0.3) is 0 Å². The number of nitrogens with zero attached hydrogens (tertiary/aromatic N) is 2. The molecule has 78 valence electrons. The standard InChI is InChI=1S/C8H14N4O2/c1-5-6(7(13)14)3-12-8(10-5)9-4-11(12)2/h3,5,8-10H,4H2,1-2H3,(H,13,14). The van der Waals surface area contributed by atoms with Crippen molar-refractivity contribution in [2.24, 2.45) is 0 Å². The summed E-state index contributed by atoms with van der Waals surface area (Å²) in [6.07, 6.45) is 1.69. The zero-order chi connectivity index (χ0) is 10.3. The third kappa shape index (κ3) is 1.37. The molecular weight excluding hydrogens is 184 g/mol. The number of hydrazine groups is 1. The number of aliphatic carboxylic acids is 1. The van der Waals surface area contributed by atoms with E-state index in [0.717, 1.165) is 0 Å². The first kappa shape index (κ1) is 9.45. The zero-order valence-electron chi connectivity index (χ0n) is 8.19. The number of rotatable bonds is 1. The maximum Gasteiger partial charge on any atom is 0.334 e. The van der Waals surface area contributed by atoms with E-state index < -0.39 is 5.97 Å². The first-order valence-electron chi connectivity index (χ1n) is 4.53. The van der Waals surface area contributed by atoms with Crippen LogP contribution in [0.2, 0.25) is 0 Å². The van der Waals surface area contributed by atoms with Crippen LogP contribution in [0.1, 0.15) is 6.92 Å².